The summed E-state index contributed by atoms with van der Waals surface area (Å²) in [7, 11) is 0. The van der Waals surface area contributed by atoms with Gasteiger partial charge >= 0.3 is 0 Å². The molecular formula is C20H21ClN4O2. The Labute approximate surface area is 163 Å². The molecule has 140 valence electrons. The lowest BCUT2D eigenvalue weighted by Gasteiger charge is -2.30. The van der Waals surface area contributed by atoms with Gasteiger partial charge in [0.25, 0.3) is 0 Å². The quantitative estimate of drug-likeness (QED) is 0.761. The normalized spacial score (nSPS) is 17.2. The monoisotopic (exact) mass is 384 g/mol. The van der Waals surface area contributed by atoms with Crippen LogP contribution in [0.5, 0.6) is 0 Å². The Balaban J connectivity index is 1.47. The zero-order chi connectivity index (χ0) is 18.6. The van der Waals surface area contributed by atoms with Crippen LogP contribution in [0.3, 0.4) is 0 Å². The second kappa shape index (κ2) is 8.06. The maximum atomic E-state index is 12.6. The first-order chi connectivity index (χ1) is 13.2. The van der Waals surface area contributed by atoms with Crippen molar-refractivity contribution in [1.29, 1.82) is 0 Å². The molecule has 0 saturated carbocycles. The number of rotatable bonds is 3. The number of halogens is 1. The molecule has 1 fully saturated rings. The molecule has 1 amide bonds. The number of anilines is 1. The molecule has 0 atom stereocenters. The first-order valence-electron chi connectivity index (χ1n) is 9.10. The summed E-state index contributed by atoms with van der Waals surface area (Å²) in [6.07, 6.45) is 6.01. The van der Waals surface area contributed by atoms with Crippen molar-refractivity contribution in [1.82, 2.24) is 14.9 Å². The smallest absolute Gasteiger partial charge is 0.246 e. The number of fused-ring (bicyclic) bond motifs is 1. The van der Waals surface area contributed by atoms with Crippen LogP contribution in [0.4, 0.5) is 5.95 Å². The van der Waals surface area contributed by atoms with Crippen molar-refractivity contribution in [2.45, 2.75) is 13.0 Å². The maximum absolute atomic E-state index is 12.6. The second-order valence-electron chi connectivity index (χ2n) is 6.61. The lowest BCUT2D eigenvalue weighted by atomic mass is 10.1. The van der Waals surface area contributed by atoms with E-state index in [1.165, 1.54) is 0 Å². The van der Waals surface area contributed by atoms with E-state index >= 15 is 0 Å². The Morgan fingerprint density at radius 1 is 1.19 bits per heavy atom. The molecule has 3 heterocycles. The SMILES string of the molecule is O=C(/C=C/c1ccccc1Cl)N1CCc2cnc(N3CCOCC3)nc2C1. The molecule has 2 aliphatic heterocycles. The highest BCUT2D eigenvalue weighted by atomic mass is 35.5. The third kappa shape index (κ3) is 4.12. The molecule has 0 unspecified atom stereocenters. The van der Waals surface area contributed by atoms with Gasteiger partial charge in [0, 0.05) is 36.9 Å². The first kappa shape index (κ1) is 17.9. The van der Waals surface area contributed by atoms with Gasteiger partial charge in [0.05, 0.1) is 25.5 Å². The van der Waals surface area contributed by atoms with Crippen molar-refractivity contribution in [3.05, 3.63) is 58.4 Å². The molecular weight excluding hydrogens is 364 g/mol. The van der Waals surface area contributed by atoms with Gasteiger partial charge in [0.2, 0.25) is 11.9 Å². The fraction of sp³-hybridized carbons (Fsp3) is 0.350. The number of amides is 1. The molecule has 0 N–H and O–H groups in total. The van der Waals surface area contributed by atoms with Gasteiger partial charge in [-0.05, 0) is 29.7 Å². The van der Waals surface area contributed by atoms with Gasteiger partial charge in [-0.15, -0.1) is 0 Å². The van der Waals surface area contributed by atoms with Crippen molar-refractivity contribution in [3.8, 4) is 0 Å². The van der Waals surface area contributed by atoms with E-state index in [1.54, 1.807) is 12.2 Å². The molecule has 0 spiro atoms. The lowest BCUT2D eigenvalue weighted by Crippen LogP contribution is -2.39. The van der Waals surface area contributed by atoms with E-state index in [1.807, 2.05) is 35.4 Å². The average Bonchev–Trinajstić information content (AvgIpc) is 2.73. The molecule has 2 aromatic rings. The highest BCUT2D eigenvalue weighted by Crippen LogP contribution is 2.21. The number of hydrogen-bond acceptors (Lipinski definition) is 5. The van der Waals surface area contributed by atoms with Gasteiger partial charge in [0.1, 0.15) is 0 Å². The van der Waals surface area contributed by atoms with E-state index in [-0.39, 0.29) is 5.91 Å². The van der Waals surface area contributed by atoms with Gasteiger partial charge in [-0.1, -0.05) is 29.8 Å². The van der Waals surface area contributed by atoms with Crippen molar-refractivity contribution < 1.29 is 9.53 Å². The van der Waals surface area contributed by atoms with Crippen LogP contribution in [0.15, 0.2) is 36.5 Å². The van der Waals surface area contributed by atoms with Gasteiger partial charge < -0.3 is 14.5 Å². The van der Waals surface area contributed by atoms with Crippen LogP contribution in [-0.4, -0.2) is 53.6 Å². The molecule has 6 nitrogen and oxygen atoms in total. The van der Waals surface area contributed by atoms with Gasteiger partial charge in [-0.3, -0.25) is 4.79 Å². The number of aromatic nitrogens is 2. The second-order valence-corrected chi connectivity index (χ2v) is 7.01. The van der Waals surface area contributed by atoms with Gasteiger partial charge in [-0.25, -0.2) is 9.97 Å². The summed E-state index contributed by atoms with van der Waals surface area (Å²) in [6.45, 7) is 4.14. The largest absolute Gasteiger partial charge is 0.378 e. The number of nitrogens with zero attached hydrogens (tertiary/aromatic N) is 4. The summed E-state index contributed by atoms with van der Waals surface area (Å²) in [5.41, 5.74) is 2.88. The maximum Gasteiger partial charge on any atom is 0.246 e. The number of hydrogen-bond donors (Lipinski definition) is 0. The summed E-state index contributed by atoms with van der Waals surface area (Å²) in [6, 6.07) is 7.47. The topological polar surface area (TPSA) is 58.6 Å². The first-order valence-corrected chi connectivity index (χ1v) is 9.47. The predicted octanol–water partition coefficient (Wildman–Crippen LogP) is 2.56. The fourth-order valence-electron chi connectivity index (χ4n) is 3.27. The Hall–Kier alpha value is -2.44. The van der Waals surface area contributed by atoms with Crippen LogP contribution >= 0.6 is 11.6 Å². The molecule has 0 aliphatic carbocycles. The third-order valence-electron chi connectivity index (χ3n) is 4.85. The minimum Gasteiger partial charge on any atom is -0.378 e. The van der Waals surface area contributed by atoms with E-state index in [2.05, 4.69) is 9.88 Å². The van der Waals surface area contributed by atoms with Crippen LogP contribution < -0.4 is 4.90 Å². The fourth-order valence-corrected chi connectivity index (χ4v) is 3.47. The number of morpholine rings is 1. The molecule has 4 rings (SSSR count). The van der Waals surface area contributed by atoms with Crippen LogP contribution in [0.25, 0.3) is 6.08 Å². The van der Waals surface area contributed by atoms with Crippen LogP contribution in [0, 0.1) is 0 Å². The number of ether oxygens (including phenoxy) is 1. The number of carbonyl (C=O) groups is 1. The average molecular weight is 385 g/mol. The molecule has 0 bridgehead atoms. The van der Waals surface area contributed by atoms with Crippen LogP contribution in [-0.2, 0) is 22.5 Å². The molecule has 27 heavy (non-hydrogen) atoms. The van der Waals surface area contributed by atoms with Crippen molar-refractivity contribution in [2.75, 3.05) is 37.7 Å². The zero-order valence-electron chi connectivity index (χ0n) is 15.0. The zero-order valence-corrected chi connectivity index (χ0v) is 15.7. The number of carbonyl (C=O) groups excluding carboxylic acids is 1. The Kier molecular flexibility index (Phi) is 5.36. The van der Waals surface area contributed by atoms with E-state index in [0.717, 1.165) is 42.3 Å². The van der Waals surface area contributed by atoms with E-state index < -0.39 is 0 Å². The molecule has 1 aromatic carbocycles. The molecule has 0 radical (unpaired) electrons. The summed E-state index contributed by atoms with van der Waals surface area (Å²) in [5, 5.41) is 0.633. The predicted molar refractivity (Wildman–Crippen MR) is 105 cm³/mol. The Morgan fingerprint density at radius 2 is 2.00 bits per heavy atom. The molecule has 1 saturated heterocycles. The summed E-state index contributed by atoms with van der Waals surface area (Å²) < 4.78 is 5.39. The van der Waals surface area contributed by atoms with Crippen molar-refractivity contribution >= 4 is 29.5 Å². The highest BCUT2D eigenvalue weighted by Gasteiger charge is 2.23. The standard InChI is InChI=1S/C20H21ClN4O2/c21-17-4-2-1-3-15(17)5-6-19(26)25-8-7-16-13-22-20(23-18(16)14-25)24-9-11-27-12-10-24/h1-6,13H,7-12,14H2/b6-5+. The summed E-state index contributed by atoms with van der Waals surface area (Å²) in [4.78, 5) is 25.8. The lowest BCUT2D eigenvalue weighted by molar-refractivity contribution is -0.126. The van der Waals surface area contributed by atoms with Crippen LogP contribution in [0.1, 0.15) is 16.8 Å². The minimum absolute atomic E-state index is 0.0351. The van der Waals surface area contributed by atoms with E-state index in [9.17, 15) is 4.79 Å². The van der Waals surface area contributed by atoms with Crippen LogP contribution in [0.2, 0.25) is 5.02 Å². The molecule has 7 heteroatoms. The van der Waals surface area contributed by atoms with Crippen molar-refractivity contribution in [2.24, 2.45) is 0 Å². The summed E-state index contributed by atoms with van der Waals surface area (Å²) >= 11 is 6.14. The van der Waals surface area contributed by atoms with Gasteiger partial charge in [-0.2, -0.15) is 0 Å². The molecule has 1 aromatic heterocycles. The third-order valence-corrected chi connectivity index (χ3v) is 5.19. The molecule has 2 aliphatic rings. The van der Waals surface area contributed by atoms with Crippen molar-refractivity contribution in [3.63, 3.8) is 0 Å². The minimum atomic E-state index is -0.0351. The Bertz CT molecular complexity index is 865. The number of benzene rings is 1. The Morgan fingerprint density at radius 3 is 2.81 bits per heavy atom. The highest BCUT2D eigenvalue weighted by molar-refractivity contribution is 6.32. The van der Waals surface area contributed by atoms with Gasteiger partial charge in [0.15, 0.2) is 0 Å². The van der Waals surface area contributed by atoms with E-state index in [4.69, 9.17) is 21.3 Å². The van der Waals surface area contributed by atoms with E-state index in [0.29, 0.717) is 31.3 Å². The summed E-state index contributed by atoms with van der Waals surface area (Å²) in [5.74, 6) is 0.685.